The fourth-order valence-electron chi connectivity index (χ4n) is 2.45. The van der Waals surface area contributed by atoms with Gasteiger partial charge in [-0.05, 0) is 23.9 Å². The lowest BCUT2D eigenvalue weighted by molar-refractivity contribution is -0.143. The van der Waals surface area contributed by atoms with Gasteiger partial charge in [0, 0.05) is 16.3 Å². The highest BCUT2D eigenvalue weighted by Crippen LogP contribution is 2.26. The molecule has 1 atom stereocenters. The summed E-state index contributed by atoms with van der Waals surface area (Å²) < 4.78 is 5.03. The van der Waals surface area contributed by atoms with E-state index >= 15 is 0 Å². The minimum absolute atomic E-state index is 0.0745. The number of thiophene rings is 1. The molecule has 0 aliphatic rings. The second-order valence-electron chi connectivity index (χ2n) is 5.50. The Hall–Kier alpha value is -2.51. The average molecular weight is 386 g/mol. The number of thiazole rings is 1. The van der Waals surface area contributed by atoms with Crippen LogP contribution in [-0.4, -0.2) is 23.5 Å². The summed E-state index contributed by atoms with van der Waals surface area (Å²) >= 11 is 3.01. The van der Waals surface area contributed by atoms with E-state index in [1.807, 2.05) is 47.2 Å². The zero-order chi connectivity index (χ0) is 18.4. The van der Waals surface area contributed by atoms with Gasteiger partial charge < -0.3 is 10.1 Å². The first-order chi connectivity index (χ1) is 12.7. The standard InChI is InChI=1S/C19H18N2O3S2/c1-2-24-17(22)10-15(13-6-4-3-5-7-13)20-18(23)16-12-26-19(21-16)14-8-9-25-11-14/h3-9,11-12,15H,2,10H2,1H3,(H,20,23). The Bertz CT molecular complexity index is 860. The summed E-state index contributed by atoms with van der Waals surface area (Å²) in [6.45, 7) is 2.07. The van der Waals surface area contributed by atoms with Crippen LogP contribution in [0.4, 0.5) is 0 Å². The van der Waals surface area contributed by atoms with Crippen molar-refractivity contribution in [3.63, 3.8) is 0 Å². The highest BCUT2D eigenvalue weighted by molar-refractivity contribution is 7.14. The molecule has 0 aliphatic heterocycles. The van der Waals surface area contributed by atoms with Gasteiger partial charge in [-0.2, -0.15) is 11.3 Å². The van der Waals surface area contributed by atoms with Gasteiger partial charge in [0.25, 0.3) is 5.91 Å². The summed E-state index contributed by atoms with van der Waals surface area (Å²) in [5.74, 6) is -0.653. The molecule has 0 radical (unpaired) electrons. The van der Waals surface area contributed by atoms with Crippen LogP contribution in [0.25, 0.3) is 10.6 Å². The first-order valence-electron chi connectivity index (χ1n) is 8.17. The third-order valence-electron chi connectivity index (χ3n) is 3.69. The number of amides is 1. The summed E-state index contributed by atoms with van der Waals surface area (Å²) in [6, 6.07) is 10.9. The first kappa shape index (κ1) is 18.3. The molecule has 1 aromatic carbocycles. The molecule has 26 heavy (non-hydrogen) atoms. The fraction of sp³-hybridized carbons (Fsp3) is 0.211. The topological polar surface area (TPSA) is 68.3 Å². The number of nitrogens with one attached hydrogen (secondary N) is 1. The molecule has 0 aliphatic carbocycles. The number of carbonyl (C=O) groups is 2. The second kappa shape index (κ2) is 8.73. The number of nitrogens with zero attached hydrogens (tertiary/aromatic N) is 1. The van der Waals surface area contributed by atoms with Crippen molar-refractivity contribution in [3.8, 4) is 10.6 Å². The minimum Gasteiger partial charge on any atom is -0.466 e. The second-order valence-corrected chi connectivity index (χ2v) is 7.13. The molecule has 1 unspecified atom stereocenters. The van der Waals surface area contributed by atoms with Gasteiger partial charge in [-0.3, -0.25) is 9.59 Å². The summed E-state index contributed by atoms with van der Waals surface area (Å²) in [4.78, 5) is 29.0. The normalized spacial score (nSPS) is 11.7. The predicted molar refractivity (Wildman–Crippen MR) is 103 cm³/mol. The molecule has 0 spiro atoms. The molecule has 0 saturated heterocycles. The number of aromatic nitrogens is 1. The summed E-state index contributed by atoms with van der Waals surface area (Å²) in [5.41, 5.74) is 2.20. The molecule has 0 fully saturated rings. The van der Waals surface area contributed by atoms with Gasteiger partial charge in [0.1, 0.15) is 10.7 Å². The van der Waals surface area contributed by atoms with E-state index in [2.05, 4.69) is 10.3 Å². The Morgan fingerprint density at radius 2 is 2.00 bits per heavy atom. The molecular formula is C19H18N2O3S2. The van der Waals surface area contributed by atoms with Gasteiger partial charge in [-0.1, -0.05) is 30.3 Å². The van der Waals surface area contributed by atoms with Crippen molar-refractivity contribution in [1.29, 1.82) is 0 Å². The number of hydrogen-bond donors (Lipinski definition) is 1. The molecule has 134 valence electrons. The number of hydrogen-bond acceptors (Lipinski definition) is 6. The minimum atomic E-state index is -0.464. The van der Waals surface area contributed by atoms with Crippen LogP contribution in [-0.2, 0) is 9.53 Å². The molecule has 5 nitrogen and oxygen atoms in total. The predicted octanol–water partition coefficient (Wildman–Crippen LogP) is 4.30. The van der Waals surface area contributed by atoms with Crippen molar-refractivity contribution in [2.45, 2.75) is 19.4 Å². The molecule has 0 bridgehead atoms. The number of rotatable bonds is 7. The van der Waals surface area contributed by atoms with E-state index in [9.17, 15) is 9.59 Å². The van der Waals surface area contributed by atoms with Crippen molar-refractivity contribution in [3.05, 3.63) is 63.8 Å². The van der Waals surface area contributed by atoms with Gasteiger partial charge in [0.2, 0.25) is 0 Å². The lowest BCUT2D eigenvalue weighted by Crippen LogP contribution is -2.30. The van der Waals surface area contributed by atoms with Crippen LogP contribution in [0, 0.1) is 0 Å². The summed E-state index contributed by atoms with van der Waals surface area (Å²) in [5, 5.41) is 9.41. The zero-order valence-corrected chi connectivity index (χ0v) is 15.8. The van der Waals surface area contributed by atoms with Crippen molar-refractivity contribution >= 4 is 34.6 Å². The van der Waals surface area contributed by atoms with Crippen LogP contribution in [0.2, 0.25) is 0 Å². The van der Waals surface area contributed by atoms with Gasteiger partial charge >= 0.3 is 5.97 Å². The highest BCUT2D eigenvalue weighted by Gasteiger charge is 2.21. The van der Waals surface area contributed by atoms with E-state index in [-0.39, 0.29) is 18.3 Å². The van der Waals surface area contributed by atoms with Crippen LogP contribution in [0.3, 0.4) is 0 Å². The van der Waals surface area contributed by atoms with E-state index < -0.39 is 6.04 Å². The number of ether oxygens (including phenoxy) is 1. The van der Waals surface area contributed by atoms with Crippen molar-refractivity contribution < 1.29 is 14.3 Å². The van der Waals surface area contributed by atoms with Gasteiger partial charge in [-0.25, -0.2) is 4.98 Å². The molecule has 0 saturated carbocycles. The SMILES string of the molecule is CCOC(=O)CC(NC(=O)c1csc(-c2ccsc2)n1)c1ccccc1. The number of benzene rings is 1. The lowest BCUT2D eigenvalue weighted by Gasteiger charge is -2.18. The number of esters is 1. The molecule has 1 N–H and O–H groups in total. The zero-order valence-electron chi connectivity index (χ0n) is 14.2. The molecule has 1 amide bonds. The third-order valence-corrected chi connectivity index (χ3v) is 5.26. The van der Waals surface area contributed by atoms with E-state index in [0.717, 1.165) is 16.1 Å². The van der Waals surface area contributed by atoms with E-state index in [4.69, 9.17) is 4.74 Å². The molecule has 3 rings (SSSR count). The largest absolute Gasteiger partial charge is 0.466 e. The van der Waals surface area contributed by atoms with Crippen molar-refractivity contribution in [2.75, 3.05) is 6.61 Å². The molecule has 2 aromatic heterocycles. The molecular weight excluding hydrogens is 368 g/mol. The van der Waals surface area contributed by atoms with Crippen molar-refractivity contribution in [1.82, 2.24) is 10.3 Å². The molecule has 3 aromatic rings. The van der Waals surface area contributed by atoms with Gasteiger partial charge in [0.05, 0.1) is 19.1 Å². The number of carbonyl (C=O) groups excluding carboxylic acids is 2. The third kappa shape index (κ3) is 4.56. The van der Waals surface area contributed by atoms with E-state index in [0.29, 0.717) is 12.3 Å². The van der Waals surface area contributed by atoms with E-state index in [1.54, 1.807) is 23.6 Å². The van der Waals surface area contributed by atoms with Gasteiger partial charge in [0.15, 0.2) is 0 Å². The quantitative estimate of drug-likeness (QED) is 0.615. The Morgan fingerprint density at radius 3 is 2.69 bits per heavy atom. The summed E-state index contributed by atoms with van der Waals surface area (Å²) in [7, 11) is 0. The van der Waals surface area contributed by atoms with Crippen LogP contribution < -0.4 is 5.32 Å². The first-order valence-corrected chi connectivity index (χ1v) is 9.99. The van der Waals surface area contributed by atoms with Crippen LogP contribution in [0.15, 0.2) is 52.5 Å². The maximum atomic E-state index is 12.6. The average Bonchev–Trinajstić information content (AvgIpc) is 3.33. The molecule has 7 heteroatoms. The van der Waals surface area contributed by atoms with Crippen LogP contribution in [0.5, 0.6) is 0 Å². The Labute approximate surface area is 159 Å². The maximum absolute atomic E-state index is 12.6. The Kier molecular flexibility index (Phi) is 6.14. The van der Waals surface area contributed by atoms with Crippen LogP contribution in [0.1, 0.15) is 35.4 Å². The monoisotopic (exact) mass is 386 g/mol. The van der Waals surface area contributed by atoms with Gasteiger partial charge in [-0.15, -0.1) is 11.3 Å². The lowest BCUT2D eigenvalue weighted by atomic mass is 10.0. The van der Waals surface area contributed by atoms with Crippen LogP contribution >= 0.6 is 22.7 Å². The van der Waals surface area contributed by atoms with Crippen molar-refractivity contribution in [2.24, 2.45) is 0 Å². The Morgan fingerprint density at radius 1 is 1.19 bits per heavy atom. The molecule has 2 heterocycles. The maximum Gasteiger partial charge on any atom is 0.308 e. The van der Waals surface area contributed by atoms with E-state index in [1.165, 1.54) is 11.3 Å². The Balaban J connectivity index is 1.75. The fourth-order valence-corrected chi connectivity index (χ4v) is 3.97. The smallest absolute Gasteiger partial charge is 0.308 e. The summed E-state index contributed by atoms with van der Waals surface area (Å²) in [6.07, 6.45) is 0.0745. The highest BCUT2D eigenvalue weighted by atomic mass is 32.1.